The highest BCUT2D eigenvalue weighted by molar-refractivity contribution is 7.99. The molecule has 178 valence electrons. The van der Waals surface area contributed by atoms with E-state index >= 15 is 0 Å². The van der Waals surface area contributed by atoms with Crippen molar-refractivity contribution in [3.63, 3.8) is 0 Å². The predicted octanol–water partition coefficient (Wildman–Crippen LogP) is 4.74. The molecule has 0 radical (unpaired) electrons. The van der Waals surface area contributed by atoms with Crippen LogP contribution < -0.4 is 10.9 Å². The van der Waals surface area contributed by atoms with E-state index in [0.717, 1.165) is 24.2 Å². The summed E-state index contributed by atoms with van der Waals surface area (Å²) in [4.78, 5) is 30.2. The second-order valence-electron chi connectivity index (χ2n) is 8.13. The molecular weight excluding hydrogens is 458 g/mol. The molecule has 0 aliphatic heterocycles. The van der Waals surface area contributed by atoms with Gasteiger partial charge in [0.2, 0.25) is 5.91 Å². The quantitative estimate of drug-likeness (QED) is 0.226. The Morgan fingerprint density at radius 1 is 1.12 bits per heavy atom. The van der Waals surface area contributed by atoms with Gasteiger partial charge in [-0.1, -0.05) is 61.7 Å². The van der Waals surface area contributed by atoms with Gasteiger partial charge in [-0.3, -0.25) is 18.8 Å². The molecule has 2 heterocycles. The number of aryl methyl sites for hydroxylation is 2. The number of hydrogen-bond acceptors (Lipinski definition) is 5. The third-order valence-corrected chi connectivity index (χ3v) is 7.08. The molecule has 0 atom stereocenters. The summed E-state index contributed by atoms with van der Waals surface area (Å²) in [6.07, 6.45) is 5.15. The van der Waals surface area contributed by atoms with Crippen LogP contribution in [0.2, 0.25) is 5.02 Å². The van der Waals surface area contributed by atoms with Gasteiger partial charge in [0.05, 0.1) is 33.1 Å². The Morgan fingerprint density at radius 3 is 2.64 bits per heavy atom. The molecule has 3 aromatic rings. The number of carbonyl (C=O) groups is 1. The monoisotopic (exact) mass is 489 g/mol. The van der Waals surface area contributed by atoms with Gasteiger partial charge in [0.1, 0.15) is 0 Å². The molecule has 0 fully saturated rings. The summed E-state index contributed by atoms with van der Waals surface area (Å²) in [6.45, 7) is 7.79. The number of hydrogen-bond donors (Lipinski definition) is 1. The van der Waals surface area contributed by atoms with Crippen molar-refractivity contribution in [1.29, 1.82) is 0 Å². The lowest BCUT2D eigenvalue weighted by atomic mass is 10.2. The van der Waals surface area contributed by atoms with Gasteiger partial charge in [0.25, 0.3) is 5.56 Å². The molecule has 0 aliphatic carbocycles. The number of benzene rings is 1. The van der Waals surface area contributed by atoms with Crippen LogP contribution in [-0.2, 0) is 17.9 Å². The Morgan fingerprint density at radius 2 is 1.91 bits per heavy atom. The Hall–Kier alpha value is -2.32. The maximum atomic E-state index is 13.2. The summed E-state index contributed by atoms with van der Waals surface area (Å²) in [5.41, 5.74) is 2.28. The maximum Gasteiger partial charge on any atom is 0.262 e. The SMILES string of the molecule is CCCCCCNC(=O)CSc1nc2ccccc2c(=O)n1CCCn1nc(C)c(Cl)c1C. The summed E-state index contributed by atoms with van der Waals surface area (Å²) in [5.74, 6) is 0.189. The first kappa shape index (κ1) is 25.3. The molecule has 33 heavy (non-hydrogen) atoms. The van der Waals surface area contributed by atoms with E-state index in [4.69, 9.17) is 16.6 Å². The zero-order chi connectivity index (χ0) is 23.8. The van der Waals surface area contributed by atoms with Crippen LogP contribution in [0.1, 0.15) is 50.4 Å². The number of unbranched alkanes of at least 4 members (excludes halogenated alkanes) is 3. The van der Waals surface area contributed by atoms with Crippen LogP contribution in [0.4, 0.5) is 0 Å². The smallest absolute Gasteiger partial charge is 0.262 e. The lowest BCUT2D eigenvalue weighted by Gasteiger charge is -2.13. The van der Waals surface area contributed by atoms with Crippen LogP contribution in [0.3, 0.4) is 0 Å². The van der Waals surface area contributed by atoms with Crippen LogP contribution in [-0.4, -0.2) is 37.5 Å². The highest BCUT2D eigenvalue weighted by Gasteiger charge is 2.14. The molecule has 3 rings (SSSR count). The van der Waals surface area contributed by atoms with Crippen LogP contribution in [0, 0.1) is 13.8 Å². The van der Waals surface area contributed by atoms with Crippen molar-refractivity contribution in [2.45, 2.75) is 71.1 Å². The van der Waals surface area contributed by atoms with E-state index in [2.05, 4.69) is 17.3 Å². The third-order valence-electron chi connectivity index (χ3n) is 5.56. The number of aromatic nitrogens is 4. The summed E-state index contributed by atoms with van der Waals surface area (Å²) < 4.78 is 3.55. The molecule has 0 saturated carbocycles. The molecule has 0 saturated heterocycles. The maximum absolute atomic E-state index is 13.2. The number of halogens is 1. The van der Waals surface area contributed by atoms with E-state index in [1.54, 1.807) is 10.6 Å². The third kappa shape index (κ3) is 6.60. The van der Waals surface area contributed by atoms with Crippen LogP contribution in [0.25, 0.3) is 10.9 Å². The van der Waals surface area contributed by atoms with Crippen molar-refractivity contribution < 1.29 is 4.79 Å². The molecular formula is C24H32ClN5O2S. The first-order valence-electron chi connectivity index (χ1n) is 11.5. The largest absolute Gasteiger partial charge is 0.355 e. The molecule has 7 nitrogen and oxygen atoms in total. The van der Waals surface area contributed by atoms with Crippen molar-refractivity contribution in [3.05, 3.63) is 51.0 Å². The van der Waals surface area contributed by atoms with Gasteiger partial charge < -0.3 is 5.32 Å². The van der Waals surface area contributed by atoms with Crippen LogP contribution in [0.5, 0.6) is 0 Å². The fraction of sp³-hybridized carbons (Fsp3) is 0.500. The summed E-state index contributed by atoms with van der Waals surface area (Å²) >= 11 is 7.56. The number of amides is 1. The van der Waals surface area contributed by atoms with Crippen molar-refractivity contribution >= 4 is 40.2 Å². The number of rotatable bonds is 12. The van der Waals surface area contributed by atoms with Gasteiger partial charge in [-0.2, -0.15) is 5.10 Å². The first-order chi connectivity index (χ1) is 15.9. The van der Waals surface area contributed by atoms with Crippen molar-refractivity contribution in [2.75, 3.05) is 12.3 Å². The molecule has 0 spiro atoms. The number of nitrogens with zero attached hydrogens (tertiary/aromatic N) is 4. The summed E-state index contributed by atoms with van der Waals surface area (Å²) in [6, 6.07) is 7.33. The lowest BCUT2D eigenvalue weighted by Crippen LogP contribution is -2.28. The van der Waals surface area contributed by atoms with E-state index in [1.807, 2.05) is 36.7 Å². The topological polar surface area (TPSA) is 81.8 Å². The van der Waals surface area contributed by atoms with Gasteiger partial charge >= 0.3 is 0 Å². The molecule has 1 amide bonds. The average molecular weight is 490 g/mol. The van der Waals surface area contributed by atoms with E-state index in [1.165, 1.54) is 24.6 Å². The molecule has 1 N–H and O–H groups in total. The number of fused-ring (bicyclic) bond motifs is 1. The van der Waals surface area contributed by atoms with Gasteiger partial charge in [0.15, 0.2) is 5.16 Å². The normalized spacial score (nSPS) is 11.3. The molecule has 2 aromatic heterocycles. The van der Waals surface area contributed by atoms with Crippen LogP contribution in [0.15, 0.2) is 34.2 Å². The summed E-state index contributed by atoms with van der Waals surface area (Å²) in [5, 5.41) is 9.25. The Labute approximate surface area is 203 Å². The average Bonchev–Trinajstić information content (AvgIpc) is 3.05. The second kappa shape index (κ2) is 12.2. The van der Waals surface area contributed by atoms with Crippen molar-refractivity contribution in [3.8, 4) is 0 Å². The van der Waals surface area contributed by atoms with E-state index < -0.39 is 0 Å². The minimum Gasteiger partial charge on any atom is -0.355 e. The van der Waals surface area contributed by atoms with Crippen LogP contribution >= 0.6 is 23.4 Å². The zero-order valence-electron chi connectivity index (χ0n) is 19.6. The number of carbonyl (C=O) groups excluding carboxylic acids is 1. The van der Waals surface area contributed by atoms with Crippen molar-refractivity contribution in [2.24, 2.45) is 0 Å². The van der Waals surface area contributed by atoms with Gasteiger partial charge in [-0.25, -0.2) is 4.98 Å². The van der Waals surface area contributed by atoms with E-state index in [9.17, 15) is 9.59 Å². The van der Waals surface area contributed by atoms with E-state index in [0.29, 0.717) is 47.1 Å². The summed E-state index contributed by atoms with van der Waals surface area (Å²) in [7, 11) is 0. The Balaban J connectivity index is 1.70. The molecule has 1 aromatic carbocycles. The highest BCUT2D eigenvalue weighted by atomic mass is 35.5. The fourth-order valence-electron chi connectivity index (χ4n) is 3.69. The second-order valence-corrected chi connectivity index (χ2v) is 9.45. The van der Waals surface area contributed by atoms with Gasteiger partial charge in [0, 0.05) is 19.6 Å². The molecule has 9 heteroatoms. The lowest BCUT2D eigenvalue weighted by molar-refractivity contribution is -0.118. The predicted molar refractivity (Wildman–Crippen MR) is 135 cm³/mol. The Bertz CT molecular complexity index is 1160. The van der Waals surface area contributed by atoms with Gasteiger partial charge in [-0.15, -0.1) is 0 Å². The van der Waals surface area contributed by atoms with Crippen molar-refractivity contribution in [1.82, 2.24) is 24.6 Å². The first-order valence-corrected chi connectivity index (χ1v) is 12.9. The minimum absolute atomic E-state index is 0.0391. The Kier molecular flexibility index (Phi) is 9.38. The minimum atomic E-state index is -0.0885. The molecule has 0 unspecified atom stereocenters. The zero-order valence-corrected chi connectivity index (χ0v) is 21.1. The molecule has 0 bridgehead atoms. The highest BCUT2D eigenvalue weighted by Crippen LogP contribution is 2.20. The molecule has 0 aliphatic rings. The number of thioether (sulfide) groups is 1. The van der Waals surface area contributed by atoms with E-state index in [-0.39, 0.29) is 17.2 Å². The fourth-order valence-corrected chi connectivity index (χ4v) is 4.68. The number of para-hydroxylation sites is 1. The standard InChI is InChI=1S/C24H32ClN5O2S/c1-4-5-6-9-13-26-21(31)16-33-24-27-20-12-8-7-11-19(20)23(32)29(24)14-10-15-30-18(3)22(25)17(2)28-30/h7-8,11-12H,4-6,9-10,13-16H2,1-3H3,(H,26,31). The van der Waals surface area contributed by atoms with Gasteiger partial charge in [-0.05, 0) is 38.8 Å². The number of nitrogens with one attached hydrogen (secondary N) is 1.